The van der Waals surface area contributed by atoms with E-state index in [2.05, 4.69) is 9.97 Å². The van der Waals surface area contributed by atoms with Crippen molar-refractivity contribution in [2.45, 2.75) is 6.04 Å². The third kappa shape index (κ3) is 1.93. The van der Waals surface area contributed by atoms with Crippen molar-refractivity contribution in [2.75, 3.05) is 6.54 Å². The summed E-state index contributed by atoms with van der Waals surface area (Å²) in [4.78, 5) is 7.93. The first kappa shape index (κ1) is 11.8. The Balaban J connectivity index is 2.51. The van der Waals surface area contributed by atoms with Crippen molar-refractivity contribution < 1.29 is 0 Å². The van der Waals surface area contributed by atoms with Gasteiger partial charge in [-0.2, -0.15) is 10.5 Å². The minimum absolute atomic E-state index is 0.111. The van der Waals surface area contributed by atoms with Gasteiger partial charge in [0.1, 0.15) is 12.1 Å². The fraction of sp³-hybridized carbons (Fsp3) is 0.167. The van der Waals surface area contributed by atoms with Crippen LogP contribution >= 0.6 is 0 Å². The summed E-state index contributed by atoms with van der Waals surface area (Å²) in [6.45, 7) is 0.293. The van der Waals surface area contributed by atoms with Crippen LogP contribution in [0.15, 0.2) is 30.9 Å². The molecule has 0 saturated carbocycles. The van der Waals surface area contributed by atoms with E-state index in [0.717, 1.165) is 5.56 Å². The molecular weight excluding hydrogens is 228 g/mol. The second-order valence-electron chi connectivity index (χ2n) is 3.61. The summed E-state index contributed by atoms with van der Waals surface area (Å²) < 4.78 is 1.61. The molecule has 0 amide bonds. The van der Waals surface area contributed by atoms with Crippen LogP contribution in [0.5, 0.6) is 0 Å². The summed E-state index contributed by atoms with van der Waals surface area (Å²) >= 11 is 0. The standard InChI is InChI=1S/C12H10N6/c13-4-10-12(6-15)18(8-17-10)11(5-14)9-2-1-3-16-7-9/h1-3,7-8,11H,5,14H2. The molecule has 0 fully saturated rings. The Morgan fingerprint density at radius 3 is 2.78 bits per heavy atom. The maximum atomic E-state index is 9.09. The largest absolute Gasteiger partial charge is 0.328 e. The predicted octanol–water partition coefficient (Wildman–Crippen LogP) is 0.570. The molecule has 0 bridgehead atoms. The quantitative estimate of drug-likeness (QED) is 0.841. The molecule has 0 aliphatic heterocycles. The highest BCUT2D eigenvalue weighted by atomic mass is 15.1. The van der Waals surface area contributed by atoms with E-state index in [-0.39, 0.29) is 17.4 Å². The Kier molecular flexibility index (Phi) is 3.33. The fourth-order valence-corrected chi connectivity index (χ4v) is 1.77. The fourth-order valence-electron chi connectivity index (χ4n) is 1.77. The zero-order valence-corrected chi connectivity index (χ0v) is 9.48. The number of hydrogen-bond acceptors (Lipinski definition) is 5. The molecule has 6 heteroatoms. The van der Waals surface area contributed by atoms with Gasteiger partial charge in [0.05, 0.1) is 12.4 Å². The van der Waals surface area contributed by atoms with Crippen LogP contribution in [-0.4, -0.2) is 21.1 Å². The molecule has 0 radical (unpaired) electrons. The van der Waals surface area contributed by atoms with Crippen LogP contribution < -0.4 is 5.73 Å². The van der Waals surface area contributed by atoms with Crippen LogP contribution in [0.25, 0.3) is 0 Å². The van der Waals surface area contributed by atoms with Gasteiger partial charge in [-0.05, 0) is 11.6 Å². The number of nitrogens with zero attached hydrogens (tertiary/aromatic N) is 5. The molecule has 0 aliphatic rings. The van der Waals surface area contributed by atoms with Crippen molar-refractivity contribution in [2.24, 2.45) is 5.73 Å². The lowest BCUT2D eigenvalue weighted by Gasteiger charge is -2.17. The number of pyridine rings is 1. The highest BCUT2D eigenvalue weighted by molar-refractivity contribution is 5.37. The highest BCUT2D eigenvalue weighted by Gasteiger charge is 2.18. The lowest BCUT2D eigenvalue weighted by atomic mass is 10.1. The van der Waals surface area contributed by atoms with Crippen molar-refractivity contribution in [3.05, 3.63) is 47.8 Å². The topological polar surface area (TPSA) is 104 Å². The van der Waals surface area contributed by atoms with Crippen molar-refractivity contribution in [1.29, 1.82) is 10.5 Å². The Morgan fingerprint density at radius 2 is 2.22 bits per heavy atom. The van der Waals surface area contributed by atoms with E-state index in [1.54, 1.807) is 23.0 Å². The van der Waals surface area contributed by atoms with Gasteiger partial charge in [-0.3, -0.25) is 4.98 Å². The molecule has 88 valence electrons. The van der Waals surface area contributed by atoms with Crippen LogP contribution in [0.2, 0.25) is 0 Å². The number of aromatic nitrogens is 3. The van der Waals surface area contributed by atoms with Crippen LogP contribution in [0, 0.1) is 22.7 Å². The SMILES string of the molecule is N#Cc1ncn(C(CN)c2cccnc2)c1C#N. The molecule has 1 atom stereocenters. The van der Waals surface area contributed by atoms with E-state index < -0.39 is 0 Å². The predicted molar refractivity (Wildman–Crippen MR) is 63.1 cm³/mol. The molecule has 0 aliphatic carbocycles. The summed E-state index contributed by atoms with van der Waals surface area (Å²) in [7, 11) is 0. The molecular formula is C12H10N6. The van der Waals surface area contributed by atoms with Gasteiger partial charge in [0, 0.05) is 18.9 Å². The summed E-state index contributed by atoms with van der Waals surface area (Å²) in [6, 6.07) is 7.29. The molecule has 0 saturated heterocycles. The number of imidazole rings is 1. The normalized spacial score (nSPS) is 11.5. The maximum Gasteiger partial charge on any atom is 0.176 e. The van der Waals surface area contributed by atoms with E-state index in [9.17, 15) is 0 Å². The molecule has 1 unspecified atom stereocenters. The third-order valence-corrected chi connectivity index (χ3v) is 2.63. The first-order chi connectivity index (χ1) is 8.81. The summed E-state index contributed by atoms with van der Waals surface area (Å²) in [6.07, 6.45) is 4.81. The van der Waals surface area contributed by atoms with Gasteiger partial charge < -0.3 is 10.3 Å². The van der Waals surface area contributed by atoms with E-state index in [1.807, 2.05) is 18.2 Å². The maximum absolute atomic E-state index is 9.09. The van der Waals surface area contributed by atoms with Gasteiger partial charge in [-0.15, -0.1) is 0 Å². The summed E-state index contributed by atoms with van der Waals surface area (Å²) in [5.74, 6) is 0. The highest BCUT2D eigenvalue weighted by Crippen LogP contribution is 2.19. The molecule has 2 N–H and O–H groups in total. The second kappa shape index (κ2) is 5.09. The van der Waals surface area contributed by atoms with Crippen LogP contribution in [0.3, 0.4) is 0 Å². The molecule has 2 aromatic heterocycles. The van der Waals surface area contributed by atoms with Gasteiger partial charge in [0.2, 0.25) is 0 Å². The lowest BCUT2D eigenvalue weighted by Crippen LogP contribution is -2.21. The Labute approximate surface area is 104 Å². The van der Waals surface area contributed by atoms with Crippen LogP contribution in [-0.2, 0) is 0 Å². The number of nitriles is 2. The van der Waals surface area contributed by atoms with Crippen molar-refractivity contribution in [3.8, 4) is 12.1 Å². The second-order valence-corrected chi connectivity index (χ2v) is 3.61. The van der Waals surface area contributed by atoms with E-state index in [4.69, 9.17) is 16.3 Å². The number of nitrogens with two attached hydrogens (primary N) is 1. The zero-order valence-electron chi connectivity index (χ0n) is 9.48. The lowest BCUT2D eigenvalue weighted by molar-refractivity contribution is 0.586. The average molecular weight is 238 g/mol. The van der Waals surface area contributed by atoms with E-state index in [1.165, 1.54) is 6.33 Å². The smallest absolute Gasteiger partial charge is 0.176 e. The first-order valence-electron chi connectivity index (χ1n) is 5.28. The van der Waals surface area contributed by atoms with Gasteiger partial charge in [-0.25, -0.2) is 4.98 Å². The minimum Gasteiger partial charge on any atom is -0.328 e. The summed E-state index contributed by atoms with van der Waals surface area (Å²) in [5, 5.41) is 18.0. The molecule has 0 spiro atoms. The molecule has 2 rings (SSSR count). The zero-order chi connectivity index (χ0) is 13.0. The Bertz CT molecular complexity index is 616. The van der Waals surface area contributed by atoms with Crippen LogP contribution in [0.1, 0.15) is 23.0 Å². The molecule has 2 aromatic rings. The van der Waals surface area contributed by atoms with Crippen molar-refractivity contribution >= 4 is 0 Å². The van der Waals surface area contributed by atoms with E-state index >= 15 is 0 Å². The van der Waals surface area contributed by atoms with Gasteiger partial charge in [0.25, 0.3) is 0 Å². The summed E-state index contributed by atoms with van der Waals surface area (Å²) in [5.41, 5.74) is 6.95. The Hall–Kier alpha value is -2.70. The van der Waals surface area contributed by atoms with Crippen molar-refractivity contribution in [1.82, 2.24) is 14.5 Å². The average Bonchev–Trinajstić information content (AvgIpc) is 2.83. The first-order valence-corrected chi connectivity index (χ1v) is 5.28. The Morgan fingerprint density at radius 1 is 1.39 bits per heavy atom. The van der Waals surface area contributed by atoms with E-state index in [0.29, 0.717) is 6.54 Å². The van der Waals surface area contributed by atoms with Gasteiger partial charge in [-0.1, -0.05) is 6.07 Å². The monoisotopic (exact) mass is 238 g/mol. The van der Waals surface area contributed by atoms with Crippen molar-refractivity contribution in [3.63, 3.8) is 0 Å². The van der Waals surface area contributed by atoms with Crippen LogP contribution in [0.4, 0.5) is 0 Å². The number of hydrogen-bond donors (Lipinski definition) is 1. The molecule has 0 aromatic carbocycles. The molecule has 18 heavy (non-hydrogen) atoms. The minimum atomic E-state index is -0.247. The molecule has 2 heterocycles. The molecule has 6 nitrogen and oxygen atoms in total. The number of rotatable bonds is 3. The van der Waals surface area contributed by atoms with Gasteiger partial charge in [0.15, 0.2) is 11.4 Å². The third-order valence-electron chi connectivity index (χ3n) is 2.63. The van der Waals surface area contributed by atoms with Gasteiger partial charge >= 0.3 is 0 Å².